The molecule has 0 saturated heterocycles. The fourth-order valence-electron chi connectivity index (χ4n) is 2.34. The van der Waals surface area contributed by atoms with E-state index in [2.05, 4.69) is 16.0 Å². The van der Waals surface area contributed by atoms with Gasteiger partial charge in [-0.3, -0.25) is 24.0 Å². The van der Waals surface area contributed by atoms with Crippen molar-refractivity contribution in [2.24, 2.45) is 5.73 Å². The number of hydrogen-bond acceptors (Lipinski definition) is 8. The molecule has 3 amide bonds. The molecule has 0 rings (SSSR count). The third-order valence-electron chi connectivity index (χ3n) is 4.22. The van der Waals surface area contributed by atoms with Crippen LogP contribution in [-0.4, -0.2) is 88.1 Å². The molecule has 0 saturated carbocycles. The van der Waals surface area contributed by atoms with E-state index >= 15 is 0 Å². The Balaban J connectivity index is 5.31. The Morgan fingerprint density at radius 3 is 1.81 bits per heavy atom. The SMILES string of the molecule is CSCCC(N)C(=O)NC(CCC(=O)O)C(=O)NC(CCSC)C(=O)NC(C)C(=O)O. The van der Waals surface area contributed by atoms with Crippen LogP contribution in [-0.2, 0) is 24.0 Å². The average molecular weight is 481 g/mol. The highest BCUT2D eigenvalue weighted by Crippen LogP contribution is 2.06. The minimum absolute atomic E-state index is 0.190. The second-order valence-electron chi connectivity index (χ2n) is 6.79. The maximum absolute atomic E-state index is 12.8. The molecule has 0 heterocycles. The van der Waals surface area contributed by atoms with Crippen molar-refractivity contribution < 1.29 is 34.2 Å². The van der Waals surface area contributed by atoms with Crippen molar-refractivity contribution in [1.82, 2.24) is 16.0 Å². The Morgan fingerprint density at radius 1 is 0.806 bits per heavy atom. The summed E-state index contributed by atoms with van der Waals surface area (Å²) in [6, 6.07) is -4.26. The second kappa shape index (κ2) is 15.8. The van der Waals surface area contributed by atoms with E-state index in [0.29, 0.717) is 17.9 Å². The van der Waals surface area contributed by atoms with Gasteiger partial charge in [0, 0.05) is 6.42 Å². The van der Waals surface area contributed by atoms with Gasteiger partial charge < -0.3 is 31.9 Å². The zero-order valence-corrected chi connectivity index (χ0v) is 19.5. The van der Waals surface area contributed by atoms with E-state index < -0.39 is 53.8 Å². The smallest absolute Gasteiger partial charge is 0.325 e. The Bertz CT molecular complexity index is 636. The van der Waals surface area contributed by atoms with Crippen molar-refractivity contribution in [2.75, 3.05) is 24.0 Å². The summed E-state index contributed by atoms with van der Waals surface area (Å²) < 4.78 is 0. The van der Waals surface area contributed by atoms with Crippen molar-refractivity contribution in [3.8, 4) is 0 Å². The molecule has 0 aliphatic carbocycles. The monoisotopic (exact) mass is 480 g/mol. The lowest BCUT2D eigenvalue weighted by Gasteiger charge is -2.24. The van der Waals surface area contributed by atoms with E-state index in [1.165, 1.54) is 30.4 Å². The van der Waals surface area contributed by atoms with E-state index in [9.17, 15) is 24.0 Å². The van der Waals surface area contributed by atoms with Crippen LogP contribution in [0.5, 0.6) is 0 Å². The van der Waals surface area contributed by atoms with Gasteiger partial charge in [-0.2, -0.15) is 23.5 Å². The summed E-state index contributed by atoms with van der Waals surface area (Å²) in [6.45, 7) is 1.29. The molecule has 0 radical (unpaired) electrons. The molecule has 0 fully saturated rings. The van der Waals surface area contributed by atoms with Gasteiger partial charge in [-0.05, 0) is 50.2 Å². The lowest BCUT2D eigenvalue weighted by molar-refractivity contribution is -0.141. The fraction of sp³-hybridized carbons (Fsp3) is 0.722. The summed E-state index contributed by atoms with van der Waals surface area (Å²) in [5, 5.41) is 25.2. The van der Waals surface area contributed by atoms with Crippen molar-refractivity contribution in [2.45, 2.75) is 56.8 Å². The largest absolute Gasteiger partial charge is 0.481 e. The lowest BCUT2D eigenvalue weighted by Crippen LogP contribution is -2.57. The predicted octanol–water partition coefficient (Wildman–Crippen LogP) is -0.756. The Morgan fingerprint density at radius 2 is 1.29 bits per heavy atom. The van der Waals surface area contributed by atoms with Crippen LogP contribution in [0.1, 0.15) is 32.6 Å². The molecule has 7 N–H and O–H groups in total. The molecule has 0 bridgehead atoms. The third-order valence-corrected chi connectivity index (χ3v) is 5.51. The normalized spacial score (nSPS) is 14.6. The first-order valence-corrected chi connectivity index (χ1v) is 12.4. The molecule has 13 heteroatoms. The van der Waals surface area contributed by atoms with Crippen molar-refractivity contribution in [3.05, 3.63) is 0 Å². The topological polar surface area (TPSA) is 188 Å². The molecule has 0 aromatic carbocycles. The molecule has 4 unspecified atom stereocenters. The quantitative estimate of drug-likeness (QED) is 0.164. The van der Waals surface area contributed by atoms with Crippen molar-refractivity contribution in [3.63, 3.8) is 0 Å². The van der Waals surface area contributed by atoms with E-state index in [0.717, 1.165) is 0 Å². The van der Waals surface area contributed by atoms with Gasteiger partial charge in [-0.1, -0.05) is 0 Å². The van der Waals surface area contributed by atoms with Crippen LogP contribution in [0.15, 0.2) is 0 Å². The summed E-state index contributed by atoms with van der Waals surface area (Å²) in [5.74, 6) is -3.25. The second-order valence-corrected chi connectivity index (χ2v) is 8.76. The highest BCUT2D eigenvalue weighted by atomic mass is 32.2. The molecular formula is C18H32N4O7S2. The van der Waals surface area contributed by atoms with Gasteiger partial charge in [0.1, 0.15) is 18.1 Å². The number of thioether (sulfide) groups is 2. The van der Waals surface area contributed by atoms with Gasteiger partial charge >= 0.3 is 11.9 Å². The third kappa shape index (κ3) is 12.5. The molecule has 4 atom stereocenters. The van der Waals surface area contributed by atoms with Gasteiger partial charge in [-0.25, -0.2) is 0 Å². The molecular weight excluding hydrogens is 448 g/mol. The van der Waals surface area contributed by atoms with Crippen molar-refractivity contribution in [1.29, 1.82) is 0 Å². The zero-order chi connectivity index (χ0) is 24.0. The first kappa shape index (κ1) is 29.0. The number of rotatable bonds is 16. The summed E-state index contributed by atoms with van der Waals surface area (Å²) in [4.78, 5) is 59.4. The van der Waals surface area contributed by atoms with Crippen LogP contribution in [0.25, 0.3) is 0 Å². The van der Waals surface area contributed by atoms with Crippen LogP contribution >= 0.6 is 23.5 Å². The van der Waals surface area contributed by atoms with E-state index in [1.54, 1.807) is 0 Å². The molecule has 0 aliphatic rings. The first-order valence-electron chi connectivity index (χ1n) is 9.62. The van der Waals surface area contributed by atoms with E-state index in [4.69, 9.17) is 15.9 Å². The average Bonchev–Trinajstić information content (AvgIpc) is 2.71. The predicted molar refractivity (Wildman–Crippen MR) is 120 cm³/mol. The van der Waals surface area contributed by atoms with Crippen LogP contribution in [0.4, 0.5) is 0 Å². The van der Waals surface area contributed by atoms with Crippen LogP contribution in [0, 0.1) is 0 Å². The van der Waals surface area contributed by atoms with E-state index in [-0.39, 0.29) is 19.3 Å². The van der Waals surface area contributed by atoms with Gasteiger partial charge in [0.15, 0.2) is 0 Å². The summed E-state index contributed by atoms with van der Waals surface area (Å²) >= 11 is 2.94. The number of carboxylic acid groups (broad SMARTS) is 2. The number of nitrogens with one attached hydrogen (secondary N) is 3. The summed E-state index contributed by atoms with van der Waals surface area (Å²) in [6.07, 6.45) is 3.70. The van der Waals surface area contributed by atoms with E-state index in [1.807, 2.05) is 12.5 Å². The molecule has 0 aromatic rings. The Labute approximate surface area is 190 Å². The molecule has 0 aliphatic heterocycles. The number of amides is 3. The number of nitrogens with two attached hydrogens (primary N) is 1. The Kier molecular flexibility index (Phi) is 14.7. The molecule has 31 heavy (non-hydrogen) atoms. The minimum atomic E-state index is -1.23. The Hall–Kier alpha value is -1.99. The maximum atomic E-state index is 12.8. The van der Waals surface area contributed by atoms with Gasteiger partial charge in [0.25, 0.3) is 0 Å². The maximum Gasteiger partial charge on any atom is 0.325 e. The first-order chi connectivity index (χ1) is 14.5. The number of hydrogen-bond donors (Lipinski definition) is 6. The van der Waals surface area contributed by atoms with Gasteiger partial charge in [-0.15, -0.1) is 0 Å². The lowest BCUT2D eigenvalue weighted by atomic mass is 10.1. The fourth-order valence-corrected chi connectivity index (χ4v) is 3.30. The number of carbonyl (C=O) groups excluding carboxylic acids is 3. The molecule has 11 nitrogen and oxygen atoms in total. The summed E-state index contributed by atoms with van der Waals surface area (Å²) in [5.41, 5.74) is 5.81. The van der Waals surface area contributed by atoms with Crippen LogP contribution < -0.4 is 21.7 Å². The van der Waals surface area contributed by atoms with Gasteiger partial charge in [0.05, 0.1) is 6.04 Å². The highest BCUT2D eigenvalue weighted by Gasteiger charge is 2.29. The molecule has 0 aromatic heterocycles. The zero-order valence-electron chi connectivity index (χ0n) is 17.9. The van der Waals surface area contributed by atoms with Gasteiger partial charge in [0.2, 0.25) is 17.7 Å². The minimum Gasteiger partial charge on any atom is -0.481 e. The summed E-state index contributed by atoms with van der Waals surface area (Å²) in [7, 11) is 0. The molecule has 178 valence electrons. The highest BCUT2D eigenvalue weighted by molar-refractivity contribution is 7.98. The number of aliphatic carboxylic acids is 2. The van der Waals surface area contributed by atoms with Crippen molar-refractivity contribution >= 4 is 53.2 Å². The van der Waals surface area contributed by atoms with Crippen LogP contribution in [0.3, 0.4) is 0 Å². The molecule has 0 spiro atoms. The van der Waals surface area contributed by atoms with Crippen LogP contribution in [0.2, 0.25) is 0 Å². The number of carbonyl (C=O) groups is 5. The standard InChI is InChI=1S/C18H32N4O7S2/c1-10(18(28)29)20-16(26)13(7-9-31-3)22-17(27)12(4-5-14(23)24)21-15(25)11(19)6-8-30-2/h10-13H,4-9,19H2,1-3H3,(H,20,26)(H,21,25)(H,22,27)(H,23,24)(H,28,29). The number of carboxylic acids is 2.